The number of pyridine rings is 1. The third kappa shape index (κ3) is 3.11. The van der Waals surface area contributed by atoms with Crippen LogP contribution in [-0.4, -0.2) is 15.2 Å². The van der Waals surface area contributed by atoms with E-state index in [4.69, 9.17) is 4.98 Å². The molecule has 0 fully saturated rings. The lowest BCUT2D eigenvalue weighted by atomic mass is 9.74. The van der Waals surface area contributed by atoms with Crippen LogP contribution in [0.15, 0.2) is 78.9 Å². The van der Waals surface area contributed by atoms with Crippen molar-refractivity contribution in [3.05, 3.63) is 95.7 Å². The summed E-state index contributed by atoms with van der Waals surface area (Å²) in [7, 11) is 0. The molecule has 1 aliphatic carbocycles. The molecule has 2 aromatic heterocycles. The van der Waals surface area contributed by atoms with Crippen molar-refractivity contribution < 1.29 is 4.79 Å². The van der Waals surface area contributed by atoms with Crippen LogP contribution in [0.5, 0.6) is 0 Å². The van der Waals surface area contributed by atoms with Crippen molar-refractivity contribution in [1.82, 2.24) is 9.38 Å². The number of Topliss-reactive ketones (excluding diaryl/α,β-unsaturated/α-hetero) is 1. The first kappa shape index (κ1) is 19.9. The molecule has 0 saturated carbocycles. The molecule has 3 nitrogen and oxygen atoms in total. The van der Waals surface area contributed by atoms with Gasteiger partial charge in [-0.25, -0.2) is 4.98 Å². The smallest absolute Gasteiger partial charge is 0.165 e. The zero-order valence-corrected chi connectivity index (χ0v) is 19.2. The topological polar surface area (TPSA) is 34.4 Å². The van der Waals surface area contributed by atoms with Crippen LogP contribution in [-0.2, 0) is 6.42 Å². The van der Waals surface area contributed by atoms with Gasteiger partial charge in [-0.15, -0.1) is 0 Å². The molecule has 1 aliphatic rings. The molecule has 162 valence electrons. The summed E-state index contributed by atoms with van der Waals surface area (Å²) in [6.45, 7) is 6.47. The zero-order chi connectivity index (χ0) is 22.7. The summed E-state index contributed by atoms with van der Waals surface area (Å²) in [4.78, 5) is 18.8. The predicted molar refractivity (Wildman–Crippen MR) is 135 cm³/mol. The molecule has 3 heteroatoms. The van der Waals surface area contributed by atoms with Gasteiger partial charge >= 0.3 is 0 Å². The van der Waals surface area contributed by atoms with Crippen LogP contribution >= 0.6 is 0 Å². The number of imidazole rings is 1. The number of hydrogen-bond acceptors (Lipinski definition) is 2. The molecule has 2 heterocycles. The lowest BCUT2D eigenvalue weighted by molar-refractivity contribution is 0.0912. The SMILES string of the molecule is Cc1ccc2c(c1)c1c(n3c(-c4ccccc4)c(-c4ccccc4)nc23)CC(C)(C)CC1=O. The van der Waals surface area contributed by atoms with Crippen LogP contribution in [0.25, 0.3) is 38.9 Å². The average molecular weight is 431 g/mol. The quantitative estimate of drug-likeness (QED) is 0.295. The highest BCUT2D eigenvalue weighted by Gasteiger charge is 2.35. The number of aromatic nitrogens is 2. The second kappa shape index (κ2) is 7.14. The third-order valence-corrected chi connectivity index (χ3v) is 6.78. The van der Waals surface area contributed by atoms with Crippen molar-refractivity contribution in [3.63, 3.8) is 0 Å². The average Bonchev–Trinajstić information content (AvgIpc) is 3.20. The zero-order valence-electron chi connectivity index (χ0n) is 19.2. The first-order valence-corrected chi connectivity index (χ1v) is 11.5. The summed E-state index contributed by atoms with van der Waals surface area (Å²) in [5, 5.41) is 2.06. The number of ketones is 1. The summed E-state index contributed by atoms with van der Waals surface area (Å²) in [6.07, 6.45) is 1.40. The van der Waals surface area contributed by atoms with Gasteiger partial charge in [-0.2, -0.15) is 0 Å². The van der Waals surface area contributed by atoms with Gasteiger partial charge in [0.2, 0.25) is 0 Å². The molecule has 0 spiro atoms. The molecule has 0 bridgehead atoms. The molecule has 33 heavy (non-hydrogen) atoms. The fraction of sp³-hybridized carbons (Fsp3) is 0.200. The number of aryl methyl sites for hydroxylation is 1. The Kier molecular flexibility index (Phi) is 4.31. The van der Waals surface area contributed by atoms with Gasteiger partial charge in [-0.05, 0) is 24.1 Å². The van der Waals surface area contributed by atoms with Gasteiger partial charge in [-0.3, -0.25) is 9.20 Å². The maximum absolute atomic E-state index is 13.6. The Bertz CT molecular complexity index is 1540. The predicted octanol–water partition coefficient (Wildman–Crippen LogP) is 7.29. The van der Waals surface area contributed by atoms with Crippen molar-refractivity contribution in [1.29, 1.82) is 0 Å². The summed E-state index contributed by atoms with van der Waals surface area (Å²) in [5.41, 5.74) is 8.13. The number of nitrogens with zero attached hydrogens (tertiary/aromatic N) is 2. The fourth-order valence-corrected chi connectivity index (χ4v) is 5.37. The van der Waals surface area contributed by atoms with E-state index in [0.717, 1.165) is 62.2 Å². The van der Waals surface area contributed by atoms with Crippen molar-refractivity contribution in [2.45, 2.75) is 33.6 Å². The number of benzene rings is 3. The molecular formula is C30H26N2O. The molecule has 0 saturated heterocycles. The largest absolute Gasteiger partial charge is 0.295 e. The van der Waals surface area contributed by atoms with E-state index in [1.807, 2.05) is 12.1 Å². The molecule has 0 N–H and O–H groups in total. The minimum atomic E-state index is -0.0976. The normalized spacial score (nSPS) is 15.2. The van der Waals surface area contributed by atoms with E-state index < -0.39 is 0 Å². The molecule has 0 amide bonds. The molecule has 0 radical (unpaired) electrons. The van der Waals surface area contributed by atoms with Gasteiger partial charge < -0.3 is 0 Å². The minimum absolute atomic E-state index is 0.0976. The van der Waals surface area contributed by atoms with E-state index in [2.05, 4.69) is 91.9 Å². The monoisotopic (exact) mass is 430 g/mol. The second-order valence-corrected chi connectivity index (χ2v) is 10.0. The van der Waals surface area contributed by atoms with Gasteiger partial charge in [0.05, 0.1) is 11.4 Å². The number of fused-ring (bicyclic) bond motifs is 6. The van der Waals surface area contributed by atoms with Crippen LogP contribution in [0.1, 0.15) is 41.9 Å². The summed E-state index contributed by atoms with van der Waals surface area (Å²) < 4.78 is 2.28. The molecule has 5 aromatic rings. The first-order valence-electron chi connectivity index (χ1n) is 11.5. The second-order valence-electron chi connectivity index (χ2n) is 10.0. The van der Waals surface area contributed by atoms with Crippen molar-refractivity contribution in [2.24, 2.45) is 5.41 Å². The van der Waals surface area contributed by atoms with Crippen LogP contribution in [0.4, 0.5) is 0 Å². The van der Waals surface area contributed by atoms with E-state index in [0.29, 0.717) is 6.42 Å². The Labute approximate surface area is 193 Å². The highest BCUT2D eigenvalue weighted by Crippen LogP contribution is 2.43. The van der Waals surface area contributed by atoms with Crippen molar-refractivity contribution >= 4 is 22.2 Å². The maximum atomic E-state index is 13.6. The van der Waals surface area contributed by atoms with Crippen LogP contribution in [0, 0.1) is 12.3 Å². The van der Waals surface area contributed by atoms with E-state index in [-0.39, 0.29) is 11.2 Å². The third-order valence-electron chi connectivity index (χ3n) is 6.78. The Balaban J connectivity index is 1.86. The molecule has 3 aromatic carbocycles. The fourth-order valence-electron chi connectivity index (χ4n) is 5.37. The van der Waals surface area contributed by atoms with Gasteiger partial charge in [0.15, 0.2) is 5.78 Å². The molecule has 0 atom stereocenters. The Morgan fingerprint density at radius 3 is 2.18 bits per heavy atom. The Hall–Kier alpha value is -3.72. The van der Waals surface area contributed by atoms with Crippen LogP contribution < -0.4 is 0 Å². The highest BCUT2D eigenvalue weighted by atomic mass is 16.1. The first-order chi connectivity index (χ1) is 15.9. The standard InChI is InChI=1S/C30H26N2O/c1-19-14-15-22-23(16-19)26-24(17-30(2,3)18-25(26)33)32-28(21-12-8-5-9-13-21)27(31-29(22)32)20-10-6-4-7-11-20/h4-16H,17-18H2,1-3H3. The Morgan fingerprint density at radius 1 is 0.818 bits per heavy atom. The lowest BCUT2D eigenvalue weighted by Gasteiger charge is -2.32. The van der Waals surface area contributed by atoms with Gasteiger partial charge in [0, 0.05) is 34.2 Å². The number of carbonyl (C=O) groups is 1. The van der Waals surface area contributed by atoms with Crippen LogP contribution in [0.2, 0.25) is 0 Å². The van der Waals surface area contributed by atoms with E-state index in [1.54, 1.807) is 0 Å². The maximum Gasteiger partial charge on any atom is 0.165 e. The molecule has 0 unspecified atom stereocenters. The molecule has 6 rings (SSSR count). The van der Waals surface area contributed by atoms with Gasteiger partial charge in [-0.1, -0.05) is 98.3 Å². The van der Waals surface area contributed by atoms with Crippen molar-refractivity contribution in [3.8, 4) is 22.5 Å². The minimum Gasteiger partial charge on any atom is -0.295 e. The molecular weight excluding hydrogens is 404 g/mol. The van der Waals surface area contributed by atoms with E-state index in [9.17, 15) is 4.79 Å². The number of rotatable bonds is 2. The number of hydrogen-bond donors (Lipinski definition) is 0. The lowest BCUT2D eigenvalue weighted by Crippen LogP contribution is -2.29. The summed E-state index contributed by atoms with van der Waals surface area (Å²) in [6, 6.07) is 27.2. The van der Waals surface area contributed by atoms with Gasteiger partial charge in [0.1, 0.15) is 5.65 Å². The van der Waals surface area contributed by atoms with Crippen LogP contribution in [0.3, 0.4) is 0 Å². The highest BCUT2D eigenvalue weighted by molar-refractivity contribution is 6.14. The van der Waals surface area contributed by atoms with Crippen molar-refractivity contribution in [2.75, 3.05) is 0 Å². The summed E-state index contributed by atoms with van der Waals surface area (Å²) >= 11 is 0. The van der Waals surface area contributed by atoms with Gasteiger partial charge in [0.25, 0.3) is 0 Å². The summed E-state index contributed by atoms with van der Waals surface area (Å²) in [5.74, 6) is 0.229. The number of carbonyl (C=O) groups excluding carboxylic acids is 1. The molecule has 0 aliphatic heterocycles. The van der Waals surface area contributed by atoms with E-state index >= 15 is 0 Å². The Morgan fingerprint density at radius 2 is 1.48 bits per heavy atom. The van der Waals surface area contributed by atoms with E-state index in [1.165, 1.54) is 0 Å².